The molecule has 16 aromatic rings. The summed E-state index contributed by atoms with van der Waals surface area (Å²) in [5.41, 5.74) is 29.6. The molecule has 6 heteroatoms. The molecule has 1 aromatic heterocycles. The van der Waals surface area contributed by atoms with Crippen LogP contribution in [0.25, 0.3) is 66.9 Å². The fourth-order valence-electron chi connectivity index (χ4n) is 15.3. The second kappa shape index (κ2) is 24.9. The Morgan fingerprint density at radius 2 is 0.434 bits per heavy atom. The van der Waals surface area contributed by atoms with E-state index in [-0.39, 0.29) is 0 Å². The van der Waals surface area contributed by atoms with E-state index in [1.54, 1.807) is 0 Å². The Labute approximate surface area is 577 Å². The summed E-state index contributed by atoms with van der Waals surface area (Å²) in [5.74, 6) is 0. The lowest BCUT2D eigenvalue weighted by atomic mass is 9.70. The van der Waals surface area contributed by atoms with E-state index in [2.05, 4.69) is 408 Å². The Balaban J connectivity index is 0.766. The smallest absolute Gasteiger partial charge is 0.0973 e. The van der Waals surface area contributed by atoms with Crippen LogP contribution in [-0.2, 0) is 5.41 Å². The van der Waals surface area contributed by atoms with Crippen molar-refractivity contribution in [2.75, 3.05) is 19.6 Å². The number of benzene rings is 15. The molecule has 1 heterocycles. The predicted molar refractivity (Wildman–Crippen MR) is 411 cm³/mol. The van der Waals surface area contributed by atoms with Gasteiger partial charge in [0, 0.05) is 84.9 Å². The van der Waals surface area contributed by atoms with E-state index < -0.39 is 5.41 Å². The minimum absolute atomic E-state index is 0.497. The molecule has 2 aliphatic carbocycles. The fraction of sp³-hybridized carbons (Fsp3) is 0.0108. The highest BCUT2D eigenvalue weighted by molar-refractivity contribution is 6.00. The van der Waals surface area contributed by atoms with Crippen molar-refractivity contribution in [1.82, 2.24) is 9.97 Å². The van der Waals surface area contributed by atoms with E-state index in [4.69, 9.17) is 9.97 Å². The summed E-state index contributed by atoms with van der Waals surface area (Å²) in [7, 11) is 0. The van der Waals surface area contributed by atoms with Crippen LogP contribution in [0.2, 0.25) is 0 Å². The molecular formula is C93H64N6. The first-order chi connectivity index (χ1) is 49.1. The minimum atomic E-state index is -0.497. The number of fused-ring (bicyclic) bond motifs is 11. The predicted octanol–water partition coefficient (Wildman–Crippen LogP) is 24.9. The molecule has 6 nitrogen and oxygen atoms in total. The molecule has 1 spiro atoms. The molecular weight excluding hydrogens is 1200 g/mol. The molecule has 0 aliphatic heterocycles. The van der Waals surface area contributed by atoms with Crippen molar-refractivity contribution in [3.05, 3.63) is 411 Å². The molecule has 0 N–H and O–H groups in total. The largest absolute Gasteiger partial charge is 0.311 e. The van der Waals surface area contributed by atoms with E-state index in [9.17, 15) is 0 Å². The van der Waals surface area contributed by atoms with Crippen LogP contribution in [0.4, 0.5) is 68.2 Å². The quantitative estimate of drug-likeness (QED) is 0.102. The van der Waals surface area contributed by atoms with Gasteiger partial charge in [-0.25, -0.2) is 9.97 Å². The van der Waals surface area contributed by atoms with Gasteiger partial charge in [0.05, 0.1) is 27.8 Å². The zero-order valence-electron chi connectivity index (χ0n) is 54.1. The Morgan fingerprint density at radius 3 is 0.768 bits per heavy atom. The van der Waals surface area contributed by atoms with Gasteiger partial charge in [-0.3, -0.25) is 0 Å². The normalized spacial score (nSPS) is 12.1. The number of rotatable bonds is 15. The lowest BCUT2D eigenvalue weighted by Crippen LogP contribution is -2.25. The average molecular weight is 1270 g/mol. The van der Waals surface area contributed by atoms with Crippen molar-refractivity contribution >= 4 is 79.3 Å². The van der Waals surface area contributed by atoms with E-state index in [0.717, 1.165) is 113 Å². The van der Waals surface area contributed by atoms with Crippen molar-refractivity contribution < 1.29 is 0 Å². The van der Waals surface area contributed by atoms with Gasteiger partial charge in [-0.15, -0.1) is 0 Å². The third-order valence-electron chi connectivity index (χ3n) is 19.6. The maximum absolute atomic E-state index is 5.88. The van der Waals surface area contributed by atoms with Crippen molar-refractivity contribution in [3.8, 4) is 55.9 Å². The van der Waals surface area contributed by atoms with Crippen LogP contribution in [0.15, 0.2) is 388 Å². The van der Waals surface area contributed by atoms with Crippen molar-refractivity contribution in [1.29, 1.82) is 0 Å². The molecule has 15 aromatic carbocycles. The highest BCUT2D eigenvalue weighted by Crippen LogP contribution is 2.63. The summed E-state index contributed by atoms with van der Waals surface area (Å²) < 4.78 is 0. The van der Waals surface area contributed by atoms with Gasteiger partial charge < -0.3 is 19.6 Å². The highest BCUT2D eigenvalue weighted by Gasteiger charge is 2.51. The monoisotopic (exact) mass is 1260 g/mol. The summed E-state index contributed by atoms with van der Waals surface area (Å²) in [6.07, 6.45) is 0. The Hall–Kier alpha value is -13.2. The first-order valence-electron chi connectivity index (χ1n) is 33.8. The number of anilines is 12. The molecule has 0 unspecified atom stereocenters. The number of aromatic nitrogens is 2. The summed E-state index contributed by atoms with van der Waals surface area (Å²) in [6, 6.07) is 139. The maximum atomic E-state index is 5.88. The van der Waals surface area contributed by atoms with Gasteiger partial charge in [-0.1, -0.05) is 231 Å². The maximum Gasteiger partial charge on any atom is 0.0973 e. The van der Waals surface area contributed by atoms with Crippen LogP contribution < -0.4 is 19.6 Å². The van der Waals surface area contributed by atoms with Crippen LogP contribution in [0.5, 0.6) is 0 Å². The molecule has 0 saturated heterocycles. The number of hydrogen-bond acceptors (Lipinski definition) is 6. The third-order valence-corrected chi connectivity index (χ3v) is 19.6. The zero-order valence-corrected chi connectivity index (χ0v) is 54.1. The Bertz CT molecular complexity index is 5440. The second-order valence-corrected chi connectivity index (χ2v) is 25.2. The van der Waals surface area contributed by atoms with Gasteiger partial charge in [-0.2, -0.15) is 0 Å². The van der Waals surface area contributed by atoms with Gasteiger partial charge in [0.1, 0.15) is 0 Å². The van der Waals surface area contributed by atoms with Crippen LogP contribution in [0.1, 0.15) is 22.3 Å². The molecule has 0 fully saturated rings. The Kier molecular flexibility index (Phi) is 14.7. The summed E-state index contributed by atoms with van der Waals surface area (Å²) in [6.45, 7) is 0. The number of para-hydroxylation sites is 7. The van der Waals surface area contributed by atoms with Gasteiger partial charge in [0.25, 0.3) is 0 Å². The lowest BCUT2D eigenvalue weighted by Gasteiger charge is -2.30. The zero-order chi connectivity index (χ0) is 65.6. The van der Waals surface area contributed by atoms with E-state index in [0.29, 0.717) is 0 Å². The van der Waals surface area contributed by atoms with E-state index in [1.165, 1.54) is 44.5 Å². The molecule has 99 heavy (non-hydrogen) atoms. The first kappa shape index (κ1) is 58.4. The molecule has 18 rings (SSSR count). The third kappa shape index (κ3) is 10.2. The number of nitrogens with zero attached hydrogens (tertiary/aromatic N) is 6. The fourth-order valence-corrected chi connectivity index (χ4v) is 15.3. The molecule has 0 atom stereocenters. The Morgan fingerprint density at radius 1 is 0.182 bits per heavy atom. The summed E-state index contributed by atoms with van der Waals surface area (Å²) in [4.78, 5) is 20.8. The van der Waals surface area contributed by atoms with Gasteiger partial charge in [0.2, 0.25) is 0 Å². The van der Waals surface area contributed by atoms with Crippen molar-refractivity contribution in [2.45, 2.75) is 5.41 Å². The van der Waals surface area contributed by atoms with Crippen LogP contribution in [0, 0.1) is 0 Å². The summed E-state index contributed by atoms with van der Waals surface area (Å²) in [5, 5.41) is 0. The molecule has 0 radical (unpaired) electrons. The average Bonchev–Trinajstić information content (AvgIpc) is 1.51. The second-order valence-electron chi connectivity index (χ2n) is 25.2. The highest BCUT2D eigenvalue weighted by atomic mass is 15.2. The van der Waals surface area contributed by atoms with E-state index in [1.807, 2.05) is 0 Å². The molecule has 0 amide bonds. The lowest BCUT2D eigenvalue weighted by molar-refractivity contribution is 0.794. The van der Waals surface area contributed by atoms with Gasteiger partial charge in [0.15, 0.2) is 0 Å². The topological polar surface area (TPSA) is 38.7 Å². The van der Waals surface area contributed by atoms with Gasteiger partial charge in [-0.05, 0) is 208 Å². The van der Waals surface area contributed by atoms with Crippen molar-refractivity contribution in [2.24, 2.45) is 0 Å². The van der Waals surface area contributed by atoms with Crippen LogP contribution in [0.3, 0.4) is 0 Å². The van der Waals surface area contributed by atoms with Crippen LogP contribution in [-0.4, -0.2) is 9.97 Å². The molecule has 2 aliphatic rings. The number of hydrogen-bond donors (Lipinski definition) is 0. The standard InChI is InChI=1S/C93H64N6/c1-7-26-68(27-8-1)96(69-28-9-2-10-29-69)76-55-59-78(60-56-76)98(72-34-15-5-16-35-72)74-51-46-65(47-52-74)90-91(66-48-53-75(54-49-66)99(73-36-17-6-18-37-73)79-61-57-77(58-62-79)97(70-30-11-3-12-31-70)71-32-13-4-14-33-71)95-92-80(41-25-45-89(92)94-90)67-50-63-84-83-40-21-24-44-87(83)93(88(84)64-67)85-42-22-19-38-81(85)82-39-20-23-43-86(82)93/h1-64H. The van der Waals surface area contributed by atoms with Gasteiger partial charge >= 0.3 is 0 Å². The summed E-state index contributed by atoms with van der Waals surface area (Å²) >= 11 is 0. The molecule has 466 valence electrons. The minimum Gasteiger partial charge on any atom is -0.311 e. The van der Waals surface area contributed by atoms with Crippen LogP contribution >= 0.6 is 0 Å². The SMILES string of the molecule is c1ccc(N(c2ccccc2)c2ccc(N(c3ccccc3)c3ccc(-c4nc5cccc(-c6ccc7c(c6)C6(c8ccccc8-c8ccccc86)c6ccccc6-7)c5nc4-c4ccc(N(c5ccccc5)c5ccc(N(c6ccccc6)c6ccccc6)cc5)cc4)cc3)cc2)cc1. The van der Waals surface area contributed by atoms with E-state index >= 15 is 0 Å². The first-order valence-corrected chi connectivity index (χ1v) is 33.8. The molecule has 0 saturated carbocycles. The molecule has 0 bridgehead atoms. The van der Waals surface area contributed by atoms with Crippen molar-refractivity contribution in [3.63, 3.8) is 0 Å².